The summed E-state index contributed by atoms with van der Waals surface area (Å²) in [5.74, 6) is 2.80. The van der Waals surface area contributed by atoms with E-state index in [1.54, 1.807) is 0 Å². The Bertz CT molecular complexity index is 1040. The van der Waals surface area contributed by atoms with Crippen LogP contribution in [0.2, 0.25) is 0 Å². The predicted molar refractivity (Wildman–Crippen MR) is 106 cm³/mol. The van der Waals surface area contributed by atoms with Crippen LogP contribution in [0.25, 0.3) is 5.65 Å². The number of benzene rings is 1. The Hall–Kier alpha value is -2.67. The molecule has 0 unspecified atom stereocenters. The molecule has 0 atom stereocenters. The van der Waals surface area contributed by atoms with Crippen LogP contribution in [0.1, 0.15) is 40.9 Å². The maximum Gasteiger partial charge on any atom is 0.181 e. The van der Waals surface area contributed by atoms with E-state index in [-0.39, 0.29) is 6.10 Å². The minimum atomic E-state index is 0.235. The Kier molecular flexibility index (Phi) is 4.19. The van der Waals surface area contributed by atoms with Crippen molar-refractivity contribution in [1.82, 2.24) is 19.8 Å². The predicted octanol–water partition coefficient (Wildman–Crippen LogP) is 3.13. The van der Waals surface area contributed by atoms with Gasteiger partial charge in [-0.25, -0.2) is 0 Å². The van der Waals surface area contributed by atoms with Crippen molar-refractivity contribution in [2.24, 2.45) is 0 Å². The van der Waals surface area contributed by atoms with Crippen LogP contribution in [0, 0.1) is 20.8 Å². The highest BCUT2D eigenvalue weighted by Crippen LogP contribution is 2.29. The summed E-state index contributed by atoms with van der Waals surface area (Å²) in [6.07, 6.45) is 2.19. The Morgan fingerprint density at radius 1 is 1.00 bits per heavy atom. The lowest BCUT2D eigenvalue weighted by Gasteiger charge is -2.34. The molecule has 1 aromatic carbocycles. The van der Waals surface area contributed by atoms with Gasteiger partial charge in [-0.05, 0) is 44.0 Å². The number of nitrogens with zero attached hydrogens (tertiary/aromatic N) is 5. The molecule has 146 valence electrons. The molecule has 0 aliphatic carbocycles. The summed E-state index contributed by atoms with van der Waals surface area (Å²) in [6, 6.07) is 6.32. The van der Waals surface area contributed by atoms with Crippen molar-refractivity contribution < 1.29 is 9.47 Å². The van der Waals surface area contributed by atoms with Crippen molar-refractivity contribution in [1.29, 1.82) is 0 Å². The van der Waals surface area contributed by atoms with Crippen LogP contribution in [0.5, 0.6) is 5.75 Å². The summed E-state index contributed by atoms with van der Waals surface area (Å²) in [4.78, 5) is 2.36. The van der Waals surface area contributed by atoms with E-state index in [4.69, 9.17) is 14.6 Å². The standard InChI is InChI=1S/C21H25N5O2/c1-13-14(2)21(24-26-15(3)22-23-20(13)26)25-8-6-18(7-9-25)28-19-5-4-16-11-27-12-17(16)10-19/h4-5,10,18H,6-9,11-12H2,1-3H3. The molecule has 0 amide bonds. The van der Waals surface area contributed by atoms with Gasteiger partial charge in [0, 0.05) is 37.1 Å². The molecule has 1 fully saturated rings. The van der Waals surface area contributed by atoms with Crippen LogP contribution >= 0.6 is 0 Å². The smallest absolute Gasteiger partial charge is 0.181 e. The molecule has 7 nitrogen and oxygen atoms in total. The van der Waals surface area contributed by atoms with Crippen molar-refractivity contribution in [3.63, 3.8) is 0 Å². The fraction of sp³-hybridized carbons (Fsp3) is 0.476. The monoisotopic (exact) mass is 379 g/mol. The van der Waals surface area contributed by atoms with E-state index in [9.17, 15) is 0 Å². The zero-order valence-electron chi connectivity index (χ0n) is 16.6. The summed E-state index contributed by atoms with van der Waals surface area (Å²) in [5.41, 5.74) is 5.70. The average molecular weight is 379 g/mol. The van der Waals surface area contributed by atoms with Gasteiger partial charge in [-0.2, -0.15) is 4.52 Å². The number of rotatable bonds is 3. The third kappa shape index (κ3) is 2.90. The quantitative estimate of drug-likeness (QED) is 0.697. The average Bonchev–Trinajstić information content (AvgIpc) is 3.32. The minimum Gasteiger partial charge on any atom is -0.490 e. The van der Waals surface area contributed by atoms with Gasteiger partial charge in [-0.3, -0.25) is 0 Å². The van der Waals surface area contributed by atoms with Crippen molar-refractivity contribution in [3.05, 3.63) is 46.3 Å². The van der Waals surface area contributed by atoms with Gasteiger partial charge >= 0.3 is 0 Å². The lowest BCUT2D eigenvalue weighted by Crippen LogP contribution is -2.39. The first-order chi connectivity index (χ1) is 13.6. The fourth-order valence-electron chi connectivity index (χ4n) is 4.12. The Morgan fingerprint density at radius 3 is 2.61 bits per heavy atom. The normalized spacial score (nSPS) is 17.3. The zero-order chi connectivity index (χ0) is 19.3. The van der Waals surface area contributed by atoms with Gasteiger partial charge in [0.2, 0.25) is 0 Å². The number of fused-ring (bicyclic) bond motifs is 2. The number of aryl methyl sites for hydroxylation is 2. The third-order valence-electron chi connectivity index (χ3n) is 5.96. The number of aromatic nitrogens is 4. The lowest BCUT2D eigenvalue weighted by molar-refractivity contribution is 0.134. The highest BCUT2D eigenvalue weighted by molar-refractivity contribution is 5.59. The number of anilines is 1. The Labute approximate surface area is 164 Å². The lowest BCUT2D eigenvalue weighted by atomic mass is 10.1. The van der Waals surface area contributed by atoms with Gasteiger partial charge in [-0.15, -0.1) is 15.3 Å². The molecule has 0 bridgehead atoms. The van der Waals surface area contributed by atoms with Crippen LogP contribution in [0.3, 0.4) is 0 Å². The summed E-state index contributed by atoms with van der Waals surface area (Å²) >= 11 is 0. The van der Waals surface area contributed by atoms with Crippen LogP contribution in [0.4, 0.5) is 5.82 Å². The molecule has 0 saturated carbocycles. The molecule has 5 rings (SSSR count). The van der Waals surface area contributed by atoms with Crippen LogP contribution in [0.15, 0.2) is 18.2 Å². The topological polar surface area (TPSA) is 64.8 Å². The van der Waals surface area contributed by atoms with Crippen molar-refractivity contribution >= 4 is 11.5 Å². The summed E-state index contributed by atoms with van der Waals surface area (Å²) in [5, 5.41) is 13.3. The third-order valence-corrected chi connectivity index (χ3v) is 5.96. The number of ether oxygens (including phenoxy) is 2. The van der Waals surface area contributed by atoms with E-state index in [0.29, 0.717) is 6.61 Å². The van der Waals surface area contributed by atoms with Gasteiger partial charge in [0.25, 0.3) is 0 Å². The minimum absolute atomic E-state index is 0.235. The highest BCUT2D eigenvalue weighted by atomic mass is 16.5. The van der Waals surface area contributed by atoms with E-state index in [2.05, 4.69) is 47.1 Å². The van der Waals surface area contributed by atoms with Gasteiger partial charge < -0.3 is 14.4 Å². The molecule has 1 saturated heterocycles. The first kappa shape index (κ1) is 17.4. The van der Waals surface area contributed by atoms with Gasteiger partial charge in [-0.1, -0.05) is 6.07 Å². The second-order valence-electron chi connectivity index (χ2n) is 7.78. The highest BCUT2D eigenvalue weighted by Gasteiger charge is 2.25. The van der Waals surface area contributed by atoms with Gasteiger partial charge in [0.05, 0.1) is 13.2 Å². The number of hydrogen-bond acceptors (Lipinski definition) is 6. The molecule has 0 spiro atoms. The molecular weight excluding hydrogens is 354 g/mol. The molecule has 2 aliphatic heterocycles. The zero-order valence-corrected chi connectivity index (χ0v) is 16.6. The van der Waals surface area contributed by atoms with E-state index in [0.717, 1.165) is 61.1 Å². The molecule has 0 N–H and O–H groups in total. The van der Waals surface area contributed by atoms with E-state index < -0.39 is 0 Å². The molecular formula is C21H25N5O2. The summed E-state index contributed by atoms with van der Waals surface area (Å²) in [6.45, 7) is 9.43. The summed E-state index contributed by atoms with van der Waals surface area (Å²) < 4.78 is 13.6. The molecule has 2 aliphatic rings. The van der Waals surface area contributed by atoms with Crippen LogP contribution in [-0.2, 0) is 18.0 Å². The largest absolute Gasteiger partial charge is 0.490 e. The molecule has 4 heterocycles. The van der Waals surface area contributed by atoms with E-state index >= 15 is 0 Å². The van der Waals surface area contributed by atoms with Crippen molar-refractivity contribution in [2.45, 2.75) is 52.9 Å². The van der Waals surface area contributed by atoms with Gasteiger partial charge in [0.15, 0.2) is 17.3 Å². The molecule has 3 aromatic rings. The Morgan fingerprint density at radius 2 is 1.79 bits per heavy atom. The second-order valence-corrected chi connectivity index (χ2v) is 7.78. The number of hydrogen-bond donors (Lipinski definition) is 0. The summed E-state index contributed by atoms with van der Waals surface area (Å²) in [7, 11) is 0. The number of piperidine rings is 1. The SMILES string of the molecule is Cc1c(N2CCC(Oc3ccc4c(c3)COC4)CC2)nn2c(C)nnc2c1C. The van der Waals surface area contributed by atoms with Crippen LogP contribution in [-0.4, -0.2) is 39.0 Å². The van der Waals surface area contributed by atoms with E-state index in [1.165, 1.54) is 16.7 Å². The molecule has 2 aromatic heterocycles. The first-order valence-electron chi connectivity index (χ1n) is 9.90. The molecule has 28 heavy (non-hydrogen) atoms. The maximum absolute atomic E-state index is 6.27. The van der Waals surface area contributed by atoms with Crippen LogP contribution < -0.4 is 9.64 Å². The van der Waals surface area contributed by atoms with Crippen molar-refractivity contribution in [2.75, 3.05) is 18.0 Å². The molecule has 7 heteroatoms. The fourth-order valence-corrected chi connectivity index (χ4v) is 4.12. The molecule has 0 radical (unpaired) electrons. The maximum atomic E-state index is 6.27. The first-order valence-corrected chi connectivity index (χ1v) is 9.90. The van der Waals surface area contributed by atoms with Gasteiger partial charge in [0.1, 0.15) is 11.9 Å². The van der Waals surface area contributed by atoms with Crippen molar-refractivity contribution in [3.8, 4) is 5.75 Å². The van der Waals surface area contributed by atoms with E-state index in [1.807, 2.05) is 11.4 Å². The second kappa shape index (κ2) is 6.74. The Balaban J connectivity index is 1.30.